The molecule has 0 saturated carbocycles. The number of ether oxygens (including phenoxy) is 2. The number of nitrogen functional groups attached to an aromatic ring is 1. The van der Waals surface area contributed by atoms with E-state index in [1.807, 2.05) is 51.1 Å². The lowest BCUT2D eigenvalue weighted by Gasteiger charge is -2.43. The highest BCUT2D eigenvalue weighted by molar-refractivity contribution is 5.69. The van der Waals surface area contributed by atoms with Crippen LogP contribution in [0.1, 0.15) is 51.8 Å². The molecule has 6 nitrogen and oxygen atoms in total. The average Bonchev–Trinajstić information content (AvgIpc) is 2.65. The van der Waals surface area contributed by atoms with Crippen molar-refractivity contribution in [2.45, 2.75) is 64.4 Å². The van der Waals surface area contributed by atoms with Crippen molar-refractivity contribution in [3.63, 3.8) is 0 Å². The van der Waals surface area contributed by atoms with Gasteiger partial charge in [0.05, 0.1) is 0 Å². The molecule has 0 saturated heterocycles. The van der Waals surface area contributed by atoms with E-state index in [-0.39, 0.29) is 0 Å². The standard InChI is InChI=1S/C24H32N2O4/c1-23(2,3)26(14-13-16-9-7-6-8-10-16)22(28)29-20-18-12-11-17(25)15-19(18)30-24(4,5)21(20)27/h6-12,15,20-21,27H,13-14,25H2,1-5H3/t20-,21+/m0/s1. The number of fused-ring (bicyclic) bond motifs is 1. The second kappa shape index (κ2) is 8.19. The molecule has 0 bridgehead atoms. The van der Waals surface area contributed by atoms with Gasteiger partial charge in [-0.3, -0.25) is 0 Å². The van der Waals surface area contributed by atoms with Crippen molar-refractivity contribution >= 4 is 11.8 Å². The number of aliphatic hydroxyl groups excluding tert-OH is 1. The molecule has 6 heteroatoms. The number of rotatable bonds is 4. The first-order chi connectivity index (χ1) is 14.0. The summed E-state index contributed by atoms with van der Waals surface area (Å²) in [6.45, 7) is 9.95. The second-order valence-electron chi connectivity index (χ2n) is 9.31. The van der Waals surface area contributed by atoms with E-state index in [1.54, 1.807) is 36.9 Å². The zero-order valence-electron chi connectivity index (χ0n) is 18.4. The minimum Gasteiger partial charge on any atom is -0.484 e. The topological polar surface area (TPSA) is 85.0 Å². The van der Waals surface area contributed by atoms with Crippen LogP contribution >= 0.6 is 0 Å². The summed E-state index contributed by atoms with van der Waals surface area (Å²) in [6, 6.07) is 15.2. The van der Waals surface area contributed by atoms with Crippen LogP contribution in [0, 0.1) is 0 Å². The molecule has 0 fully saturated rings. The number of anilines is 1. The van der Waals surface area contributed by atoms with Gasteiger partial charge in [0.2, 0.25) is 0 Å². The molecule has 0 aromatic heterocycles. The van der Waals surface area contributed by atoms with Crippen LogP contribution in [0.4, 0.5) is 10.5 Å². The third kappa shape index (κ3) is 4.70. The molecule has 1 heterocycles. The van der Waals surface area contributed by atoms with Crippen molar-refractivity contribution in [3.05, 3.63) is 59.7 Å². The lowest BCUT2D eigenvalue weighted by molar-refractivity contribution is -0.119. The Balaban J connectivity index is 1.84. The molecule has 0 spiro atoms. The van der Waals surface area contributed by atoms with Crippen LogP contribution in [0.3, 0.4) is 0 Å². The number of hydrogen-bond acceptors (Lipinski definition) is 5. The molecule has 2 aromatic rings. The van der Waals surface area contributed by atoms with Gasteiger partial charge in [-0.05, 0) is 58.7 Å². The molecule has 3 N–H and O–H groups in total. The van der Waals surface area contributed by atoms with E-state index in [1.165, 1.54) is 0 Å². The van der Waals surface area contributed by atoms with Gasteiger partial charge < -0.3 is 25.2 Å². The van der Waals surface area contributed by atoms with Crippen molar-refractivity contribution in [2.24, 2.45) is 0 Å². The number of hydrogen-bond donors (Lipinski definition) is 2. The Labute approximate surface area is 178 Å². The summed E-state index contributed by atoms with van der Waals surface area (Å²) in [7, 11) is 0. The smallest absolute Gasteiger partial charge is 0.410 e. The highest BCUT2D eigenvalue weighted by atomic mass is 16.6. The molecular weight excluding hydrogens is 380 g/mol. The third-order valence-electron chi connectivity index (χ3n) is 5.44. The summed E-state index contributed by atoms with van der Waals surface area (Å²) in [5.41, 5.74) is 6.83. The van der Waals surface area contributed by atoms with Gasteiger partial charge in [-0.25, -0.2) is 4.79 Å². The van der Waals surface area contributed by atoms with E-state index >= 15 is 0 Å². The highest BCUT2D eigenvalue weighted by Crippen LogP contribution is 2.43. The van der Waals surface area contributed by atoms with Crippen LogP contribution in [0.25, 0.3) is 0 Å². The molecule has 0 radical (unpaired) electrons. The van der Waals surface area contributed by atoms with Crippen molar-refractivity contribution < 1.29 is 19.4 Å². The second-order valence-corrected chi connectivity index (χ2v) is 9.31. The van der Waals surface area contributed by atoms with Gasteiger partial charge in [0.25, 0.3) is 0 Å². The van der Waals surface area contributed by atoms with Crippen LogP contribution in [0.15, 0.2) is 48.5 Å². The largest absolute Gasteiger partial charge is 0.484 e. The fraction of sp³-hybridized carbons (Fsp3) is 0.458. The van der Waals surface area contributed by atoms with Crippen molar-refractivity contribution in [2.75, 3.05) is 12.3 Å². The van der Waals surface area contributed by atoms with E-state index in [2.05, 4.69) is 0 Å². The molecule has 2 atom stereocenters. The molecule has 3 rings (SSSR count). The molecule has 2 aromatic carbocycles. The van der Waals surface area contributed by atoms with Crippen LogP contribution in [-0.4, -0.2) is 39.9 Å². The predicted octanol–water partition coefficient (Wildman–Crippen LogP) is 4.32. The lowest BCUT2D eigenvalue weighted by atomic mass is 9.88. The fourth-order valence-corrected chi connectivity index (χ4v) is 3.64. The summed E-state index contributed by atoms with van der Waals surface area (Å²) < 4.78 is 11.8. The Morgan fingerprint density at radius 3 is 2.50 bits per heavy atom. The zero-order chi connectivity index (χ0) is 22.1. The predicted molar refractivity (Wildman–Crippen MR) is 117 cm³/mol. The maximum absolute atomic E-state index is 13.2. The number of aliphatic hydroxyl groups is 1. The Kier molecular flexibility index (Phi) is 5.99. The molecule has 1 aliphatic heterocycles. The molecule has 1 amide bonds. The first-order valence-corrected chi connectivity index (χ1v) is 10.3. The van der Waals surface area contributed by atoms with E-state index in [0.717, 1.165) is 5.56 Å². The van der Waals surface area contributed by atoms with E-state index in [9.17, 15) is 9.90 Å². The monoisotopic (exact) mass is 412 g/mol. The zero-order valence-corrected chi connectivity index (χ0v) is 18.4. The SMILES string of the molecule is CC1(C)Oc2cc(N)ccc2[C@H](OC(=O)N(CCc2ccccc2)C(C)(C)C)[C@H]1O. The number of amides is 1. The molecule has 162 valence electrons. The first kappa shape index (κ1) is 22.0. The highest BCUT2D eigenvalue weighted by Gasteiger charge is 2.46. The summed E-state index contributed by atoms with van der Waals surface area (Å²) in [5, 5.41) is 10.9. The van der Waals surface area contributed by atoms with Crippen molar-refractivity contribution in [3.8, 4) is 5.75 Å². The Morgan fingerprint density at radius 2 is 1.87 bits per heavy atom. The molecule has 30 heavy (non-hydrogen) atoms. The third-order valence-corrected chi connectivity index (χ3v) is 5.44. The Morgan fingerprint density at radius 1 is 1.20 bits per heavy atom. The van der Waals surface area contributed by atoms with Crippen LogP contribution in [-0.2, 0) is 11.2 Å². The molecule has 0 aliphatic carbocycles. The van der Waals surface area contributed by atoms with Gasteiger partial charge in [-0.2, -0.15) is 0 Å². The van der Waals surface area contributed by atoms with Gasteiger partial charge in [0, 0.05) is 29.4 Å². The molecule has 1 aliphatic rings. The number of carbonyl (C=O) groups is 1. The van der Waals surface area contributed by atoms with E-state index in [0.29, 0.717) is 30.0 Å². The minimum atomic E-state index is -1.02. The average molecular weight is 413 g/mol. The Hall–Kier alpha value is -2.73. The maximum atomic E-state index is 13.2. The van der Waals surface area contributed by atoms with Gasteiger partial charge in [0.15, 0.2) is 6.10 Å². The van der Waals surface area contributed by atoms with Crippen LogP contribution < -0.4 is 10.5 Å². The Bertz CT molecular complexity index is 890. The van der Waals surface area contributed by atoms with Crippen molar-refractivity contribution in [1.29, 1.82) is 0 Å². The van der Waals surface area contributed by atoms with Crippen molar-refractivity contribution in [1.82, 2.24) is 4.90 Å². The summed E-state index contributed by atoms with van der Waals surface area (Å²) in [6.07, 6.45) is -1.63. The summed E-state index contributed by atoms with van der Waals surface area (Å²) in [4.78, 5) is 14.9. The summed E-state index contributed by atoms with van der Waals surface area (Å²) in [5.74, 6) is 0.523. The normalized spacial score (nSPS) is 20.1. The lowest BCUT2D eigenvalue weighted by Crippen LogP contribution is -2.52. The number of nitrogens with two attached hydrogens (primary N) is 1. The van der Waals surface area contributed by atoms with Gasteiger partial charge in [0.1, 0.15) is 17.5 Å². The van der Waals surface area contributed by atoms with Gasteiger partial charge >= 0.3 is 6.09 Å². The number of benzene rings is 2. The number of nitrogens with zero attached hydrogens (tertiary/aromatic N) is 1. The maximum Gasteiger partial charge on any atom is 0.410 e. The van der Waals surface area contributed by atoms with Gasteiger partial charge in [-0.1, -0.05) is 30.3 Å². The van der Waals surface area contributed by atoms with Gasteiger partial charge in [-0.15, -0.1) is 0 Å². The van der Waals surface area contributed by atoms with E-state index in [4.69, 9.17) is 15.2 Å². The van der Waals surface area contributed by atoms with E-state index < -0.39 is 29.4 Å². The van der Waals surface area contributed by atoms with Crippen LogP contribution in [0.5, 0.6) is 5.75 Å². The molecule has 0 unspecified atom stereocenters. The minimum absolute atomic E-state index is 0.443. The first-order valence-electron chi connectivity index (χ1n) is 10.3. The fourth-order valence-electron chi connectivity index (χ4n) is 3.64. The molecular formula is C24H32N2O4. The quantitative estimate of drug-likeness (QED) is 0.731. The van der Waals surface area contributed by atoms with Crippen LogP contribution in [0.2, 0.25) is 0 Å². The summed E-state index contributed by atoms with van der Waals surface area (Å²) >= 11 is 0. The number of carbonyl (C=O) groups excluding carboxylic acids is 1.